The zero-order valence-corrected chi connectivity index (χ0v) is 17.5. The minimum Gasteiger partial charge on any atom is -0.356 e. The van der Waals surface area contributed by atoms with Gasteiger partial charge in [-0.25, -0.2) is 8.78 Å². The van der Waals surface area contributed by atoms with Crippen LogP contribution in [0.1, 0.15) is 12.5 Å². The van der Waals surface area contributed by atoms with Crippen molar-refractivity contribution in [2.24, 2.45) is 4.99 Å². The molecule has 0 amide bonds. The van der Waals surface area contributed by atoms with Gasteiger partial charge in [0.2, 0.25) is 0 Å². The number of hydrogen-bond donors (Lipinski definition) is 1. The Kier molecular flexibility index (Phi) is 9.19. The molecule has 0 bridgehead atoms. The second-order valence-electron chi connectivity index (χ2n) is 6.16. The van der Waals surface area contributed by atoms with Gasteiger partial charge < -0.3 is 10.2 Å². The highest BCUT2D eigenvalue weighted by molar-refractivity contribution is 14.0. The summed E-state index contributed by atoms with van der Waals surface area (Å²) in [4.78, 5) is 7.34. The van der Waals surface area contributed by atoms with Crippen LogP contribution in [0.2, 0.25) is 0 Å². The molecule has 27 heavy (non-hydrogen) atoms. The van der Waals surface area contributed by atoms with Gasteiger partial charge in [-0.3, -0.25) is 9.89 Å². The molecule has 1 aliphatic rings. The fourth-order valence-corrected chi connectivity index (χ4v) is 2.93. The summed E-state index contributed by atoms with van der Waals surface area (Å²) in [6.07, 6.45) is -4.10. The van der Waals surface area contributed by atoms with Gasteiger partial charge in [-0.2, -0.15) is 13.2 Å². The lowest BCUT2D eigenvalue weighted by atomic mass is 10.1. The molecule has 10 heteroatoms. The number of halogens is 6. The van der Waals surface area contributed by atoms with E-state index in [1.165, 1.54) is 23.1 Å². The van der Waals surface area contributed by atoms with E-state index in [-0.39, 0.29) is 55.6 Å². The number of piperazine rings is 1. The maximum absolute atomic E-state index is 13.6. The predicted octanol–water partition coefficient (Wildman–Crippen LogP) is 3.27. The van der Waals surface area contributed by atoms with Crippen LogP contribution in [0.15, 0.2) is 23.2 Å². The van der Waals surface area contributed by atoms with Crippen molar-refractivity contribution in [2.75, 3.05) is 39.8 Å². The first-order valence-electron chi connectivity index (χ1n) is 8.43. The van der Waals surface area contributed by atoms with E-state index < -0.39 is 23.9 Å². The summed E-state index contributed by atoms with van der Waals surface area (Å²) in [6, 6.07) is 2.23. The molecule has 0 radical (unpaired) electrons. The second-order valence-corrected chi connectivity index (χ2v) is 6.16. The molecule has 1 aromatic carbocycles. The number of hydrogen-bond acceptors (Lipinski definition) is 2. The molecular formula is C17H24F5IN4. The summed E-state index contributed by atoms with van der Waals surface area (Å²) >= 11 is 0. The average molecular weight is 506 g/mol. The van der Waals surface area contributed by atoms with Gasteiger partial charge in [0.25, 0.3) is 0 Å². The van der Waals surface area contributed by atoms with Crippen molar-refractivity contribution in [2.45, 2.75) is 25.6 Å². The molecule has 2 rings (SSSR count). The maximum Gasteiger partial charge on any atom is 0.403 e. The summed E-state index contributed by atoms with van der Waals surface area (Å²) in [6.45, 7) is 2.75. The van der Waals surface area contributed by atoms with E-state index in [1.54, 1.807) is 7.05 Å². The quantitative estimate of drug-likeness (QED) is 0.295. The summed E-state index contributed by atoms with van der Waals surface area (Å²) in [5.41, 5.74) is -0.000672. The van der Waals surface area contributed by atoms with Gasteiger partial charge in [0.1, 0.15) is 17.7 Å². The molecule has 0 aromatic heterocycles. The minimum absolute atomic E-state index is 0. The first-order valence-corrected chi connectivity index (χ1v) is 8.43. The number of guanidine groups is 1. The van der Waals surface area contributed by atoms with E-state index in [4.69, 9.17) is 0 Å². The molecule has 1 atom stereocenters. The van der Waals surface area contributed by atoms with Gasteiger partial charge in [-0.1, -0.05) is 6.07 Å². The van der Waals surface area contributed by atoms with Crippen molar-refractivity contribution in [1.82, 2.24) is 15.1 Å². The Balaban J connectivity index is 0.00000364. The van der Waals surface area contributed by atoms with Crippen LogP contribution in [-0.2, 0) is 6.42 Å². The Morgan fingerprint density at radius 1 is 1.15 bits per heavy atom. The third-order valence-electron chi connectivity index (χ3n) is 4.57. The molecule has 1 aromatic rings. The Morgan fingerprint density at radius 3 is 2.19 bits per heavy atom. The topological polar surface area (TPSA) is 30.9 Å². The third-order valence-corrected chi connectivity index (χ3v) is 4.57. The Hall–Kier alpha value is -1.17. The van der Waals surface area contributed by atoms with E-state index in [0.29, 0.717) is 19.0 Å². The van der Waals surface area contributed by atoms with Crippen LogP contribution in [0, 0.1) is 11.6 Å². The summed E-state index contributed by atoms with van der Waals surface area (Å²) in [5, 5.41) is 3.02. The molecular weight excluding hydrogens is 482 g/mol. The van der Waals surface area contributed by atoms with Gasteiger partial charge in [-0.15, -0.1) is 24.0 Å². The summed E-state index contributed by atoms with van der Waals surface area (Å²) in [7, 11) is 1.57. The first-order chi connectivity index (χ1) is 12.2. The Bertz CT molecular complexity index is 610. The van der Waals surface area contributed by atoms with E-state index in [2.05, 4.69) is 10.3 Å². The predicted molar refractivity (Wildman–Crippen MR) is 106 cm³/mol. The number of nitrogens with zero attached hydrogens (tertiary/aromatic N) is 3. The van der Waals surface area contributed by atoms with Crippen LogP contribution in [-0.4, -0.2) is 67.7 Å². The molecule has 1 heterocycles. The normalized spacial score (nSPS) is 17.4. The van der Waals surface area contributed by atoms with Crippen molar-refractivity contribution < 1.29 is 22.0 Å². The molecule has 0 aliphatic carbocycles. The lowest BCUT2D eigenvalue weighted by Gasteiger charge is -2.39. The van der Waals surface area contributed by atoms with Crippen LogP contribution in [0.25, 0.3) is 0 Å². The number of alkyl halides is 3. The molecule has 0 saturated carbocycles. The van der Waals surface area contributed by atoms with E-state index in [1.807, 2.05) is 4.90 Å². The van der Waals surface area contributed by atoms with E-state index >= 15 is 0 Å². The van der Waals surface area contributed by atoms with Crippen LogP contribution in [0.5, 0.6) is 0 Å². The van der Waals surface area contributed by atoms with Crippen molar-refractivity contribution in [3.8, 4) is 0 Å². The van der Waals surface area contributed by atoms with Crippen molar-refractivity contribution >= 4 is 29.9 Å². The van der Waals surface area contributed by atoms with E-state index in [9.17, 15) is 22.0 Å². The lowest BCUT2D eigenvalue weighted by Crippen LogP contribution is -2.56. The highest BCUT2D eigenvalue weighted by Crippen LogP contribution is 2.25. The zero-order valence-electron chi connectivity index (χ0n) is 15.2. The highest BCUT2D eigenvalue weighted by atomic mass is 127. The molecule has 1 aliphatic heterocycles. The average Bonchev–Trinajstić information content (AvgIpc) is 2.60. The van der Waals surface area contributed by atoms with Crippen LogP contribution < -0.4 is 5.32 Å². The summed E-state index contributed by atoms with van der Waals surface area (Å²) < 4.78 is 65.6. The largest absolute Gasteiger partial charge is 0.403 e. The fraction of sp³-hybridized carbons (Fsp3) is 0.588. The van der Waals surface area contributed by atoms with Crippen molar-refractivity contribution in [1.29, 1.82) is 0 Å². The molecule has 1 fully saturated rings. The number of rotatable bonds is 4. The second kappa shape index (κ2) is 10.4. The summed E-state index contributed by atoms with van der Waals surface area (Å²) in [5.74, 6) is -0.686. The first kappa shape index (κ1) is 23.9. The van der Waals surface area contributed by atoms with Gasteiger partial charge in [0.15, 0.2) is 5.96 Å². The van der Waals surface area contributed by atoms with Crippen molar-refractivity contribution in [3.63, 3.8) is 0 Å². The number of aliphatic imine (C=N–C) groups is 1. The molecule has 1 N–H and O–H groups in total. The monoisotopic (exact) mass is 506 g/mol. The molecule has 0 spiro atoms. The Labute approximate surface area is 172 Å². The lowest BCUT2D eigenvalue weighted by molar-refractivity contribution is -0.181. The molecule has 1 unspecified atom stereocenters. The SMILES string of the molecule is CN=C(NCCc1c(F)cccc1F)N1CCN(C(C)C(F)(F)F)CC1.I. The van der Waals surface area contributed by atoms with E-state index in [0.717, 1.165) is 6.92 Å². The maximum atomic E-state index is 13.6. The van der Waals surface area contributed by atoms with Crippen LogP contribution in [0.3, 0.4) is 0 Å². The van der Waals surface area contributed by atoms with Crippen LogP contribution >= 0.6 is 24.0 Å². The highest BCUT2D eigenvalue weighted by Gasteiger charge is 2.41. The zero-order chi connectivity index (χ0) is 19.3. The molecule has 4 nitrogen and oxygen atoms in total. The Morgan fingerprint density at radius 2 is 1.70 bits per heavy atom. The standard InChI is InChI=1S/C17H23F5N4.HI/c1-12(17(20,21)22)25-8-10-26(11-9-25)16(23-2)24-7-6-13-14(18)4-3-5-15(13)19;/h3-5,12H,6-11H2,1-2H3,(H,23,24);1H. The smallest absolute Gasteiger partial charge is 0.356 e. The molecule has 154 valence electrons. The minimum atomic E-state index is -4.24. The number of nitrogens with one attached hydrogen (secondary N) is 1. The van der Waals surface area contributed by atoms with Gasteiger partial charge >= 0.3 is 6.18 Å². The van der Waals surface area contributed by atoms with Crippen LogP contribution in [0.4, 0.5) is 22.0 Å². The van der Waals surface area contributed by atoms with Gasteiger partial charge in [0.05, 0.1) is 0 Å². The fourth-order valence-electron chi connectivity index (χ4n) is 2.93. The van der Waals surface area contributed by atoms with Gasteiger partial charge in [0, 0.05) is 45.3 Å². The third kappa shape index (κ3) is 6.44. The van der Waals surface area contributed by atoms with Crippen molar-refractivity contribution in [3.05, 3.63) is 35.4 Å². The van der Waals surface area contributed by atoms with Gasteiger partial charge in [-0.05, 0) is 25.5 Å². The molecule has 1 saturated heterocycles. The number of benzene rings is 1.